The first-order valence-electron chi connectivity index (χ1n) is 23.9. The number of aliphatic imine (C=N–C) groups is 1. The van der Waals surface area contributed by atoms with Crippen molar-refractivity contribution in [2.75, 3.05) is 4.90 Å². The molecule has 1 aliphatic carbocycles. The molecule has 0 spiro atoms. The smallest absolute Gasteiger partial charge is 0.508 e. The number of nitrogens with zero attached hydrogens (tertiary/aromatic N) is 3. The van der Waals surface area contributed by atoms with Crippen LogP contribution in [-0.2, 0) is 54.0 Å². The van der Waals surface area contributed by atoms with Crippen molar-refractivity contribution in [3.05, 3.63) is 163 Å². The van der Waals surface area contributed by atoms with E-state index in [2.05, 4.69) is 175 Å². The number of aromatic nitrogens is 1. The number of pyridine rings is 1. The van der Waals surface area contributed by atoms with E-state index in [1.165, 1.54) is 22.3 Å². The second kappa shape index (κ2) is 15.8. The van der Waals surface area contributed by atoms with Gasteiger partial charge in [0.05, 0.1) is 5.54 Å². The first kappa shape index (κ1) is 43.9. The van der Waals surface area contributed by atoms with Crippen LogP contribution in [0.1, 0.15) is 151 Å². The summed E-state index contributed by atoms with van der Waals surface area (Å²) in [5.74, 6) is 2.34. The molecule has 0 fully saturated rings. The maximum absolute atomic E-state index is 9.57. The van der Waals surface area contributed by atoms with E-state index >= 15 is 0 Å². The third-order valence-electron chi connectivity index (χ3n) is 14.2. The van der Waals surface area contributed by atoms with Gasteiger partial charge in [-0.3, -0.25) is 4.99 Å². The molecule has 6 heteroatoms. The third kappa shape index (κ3) is 7.68. The summed E-state index contributed by atoms with van der Waals surface area (Å²) in [4.78, 5) is 12.6. The molecule has 0 N–H and O–H groups in total. The topological polar surface area (TPSA) is 47.0 Å². The number of benzene rings is 5. The quantitative estimate of drug-likeness (QED) is 0.161. The molecule has 0 unspecified atom stereocenters. The van der Waals surface area contributed by atoms with Crippen molar-refractivity contribution in [2.24, 2.45) is 4.99 Å². The van der Waals surface area contributed by atoms with Crippen LogP contribution >= 0.6 is 0 Å². The van der Waals surface area contributed by atoms with Gasteiger partial charge in [-0.05, 0) is 134 Å². The third-order valence-corrected chi connectivity index (χ3v) is 14.2. The van der Waals surface area contributed by atoms with Crippen molar-refractivity contribution >= 4 is 23.1 Å². The Morgan fingerprint density at radius 1 is 0.738 bits per heavy atom. The molecule has 0 saturated heterocycles. The Labute approximate surface area is 406 Å². The van der Waals surface area contributed by atoms with Crippen LogP contribution < -0.4 is 9.64 Å². The molecular weight excluding hydrogens is 978 g/mol. The van der Waals surface area contributed by atoms with Crippen molar-refractivity contribution in [2.45, 2.75) is 151 Å². The Bertz CT molecular complexity index is 3020. The van der Waals surface area contributed by atoms with Gasteiger partial charge in [-0.25, -0.2) is 4.98 Å². The molecule has 0 saturated carbocycles. The van der Waals surface area contributed by atoms with Crippen molar-refractivity contribution in [1.82, 2.24) is 4.98 Å². The van der Waals surface area contributed by atoms with Crippen LogP contribution in [0.25, 0.3) is 11.1 Å². The Morgan fingerprint density at radius 2 is 1.42 bits per heavy atom. The van der Waals surface area contributed by atoms with E-state index in [0.717, 1.165) is 72.8 Å². The number of aryl methyl sites for hydroxylation is 5. The van der Waals surface area contributed by atoms with Crippen molar-refractivity contribution in [3.8, 4) is 22.6 Å². The summed E-state index contributed by atoms with van der Waals surface area (Å²) in [5.41, 5.74) is 15.4. The van der Waals surface area contributed by atoms with Crippen LogP contribution in [0.2, 0.25) is 0 Å². The predicted molar refractivity (Wildman–Crippen MR) is 265 cm³/mol. The predicted octanol–water partition coefficient (Wildman–Crippen LogP) is 15.1. The second-order valence-electron chi connectivity index (χ2n) is 21.8. The molecule has 6 aromatic rings. The molecule has 5 nitrogen and oxygen atoms in total. The molecule has 3 heterocycles. The first-order chi connectivity index (χ1) is 30.6. The van der Waals surface area contributed by atoms with Gasteiger partial charge in [0.1, 0.15) is 17.3 Å². The molecule has 3 aliphatic rings. The standard InChI is InChI=1S/C59H65N3O2.Pt/c1-34-24-36(3)51(37(4)25-34)40-29-41(54-61-58(15)22-21-46-39(6)52(56(10,11)12)38(5)28-48(46)59(58,16)64-54)31-45(30-40)63-44-27-35(2)26-43(33-44)62-50-20-19-42(55(7,8)9)32-49(50)57(13,14)47-18-17-23-60-53(47)62;/h17-20,23-30,32H,21-22H2,1-16H3;/q-2;+2/t58-,59+;/m1./s1/i21D2;. The normalized spacial score (nSPS) is 20.8. The largest absolute Gasteiger partial charge is 2.00 e. The van der Waals surface area contributed by atoms with Crippen LogP contribution in [0.15, 0.2) is 84.0 Å². The van der Waals surface area contributed by atoms with Gasteiger partial charge in [-0.2, -0.15) is 5.56 Å². The Kier molecular flexibility index (Phi) is 10.7. The summed E-state index contributed by atoms with van der Waals surface area (Å²) in [5, 5.41) is 0. The zero-order chi connectivity index (χ0) is 47.8. The zero-order valence-corrected chi connectivity index (χ0v) is 43.5. The van der Waals surface area contributed by atoms with Gasteiger partial charge in [0.15, 0.2) is 0 Å². The number of fused-ring (bicyclic) bond motifs is 5. The molecule has 0 amide bonds. The maximum atomic E-state index is 9.57. The summed E-state index contributed by atoms with van der Waals surface area (Å²) in [7, 11) is 0. The average Bonchev–Trinajstić information content (AvgIpc) is 3.46. The molecule has 0 radical (unpaired) electrons. The maximum Gasteiger partial charge on any atom is 2.00 e. The number of hydrogen-bond donors (Lipinski definition) is 0. The molecular formula is C59H65N3O2Pt. The summed E-state index contributed by atoms with van der Waals surface area (Å²) in [6.45, 7) is 34.8. The second-order valence-corrected chi connectivity index (χ2v) is 21.8. The summed E-state index contributed by atoms with van der Waals surface area (Å²) in [6, 6.07) is 33.2. The van der Waals surface area contributed by atoms with Crippen molar-refractivity contribution < 1.29 is 33.3 Å². The Morgan fingerprint density at radius 3 is 2.09 bits per heavy atom. The minimum atomic E-state index is -1.63. The molecule has 2 atom stereocenters. The van der Waals surface area contributed by atoms with E-state index < -0.39 is 17.5 Å². The summed E-state index contributed by atoms with van der Waals surface area (Å²) in [6.07, 6.45) is 0.407. The minimum Gasteiger partial charge on any atom is -0.508 e. The van der Waals surface area contributed by atoms with Gasteiger partial charge in [-0.15, -0.1) is 24.3 Å². The fraction of sp³-hybridized carbons (Fsp3) is 0.390. The van der Waals surface area contributed by atoms with Crippen LogP contribution in [-0.4, -0.2) is 16.4 Å². The SMILES string of the molecule is [2H]C1([2H])C[C@@]2(C)N=C(c3[c-]c(Oc4[c-]c(N5c6ccc(C(C)(C)C)cc6C(C)(C)c6cccnc65)cc(C)c4)cc(-c4c(C)cc(C)cc4C)c3)O[C@@]2(C)c2cc(C)c(C(C)(C)C)c(C)c21.[Pt+2]. The first-order valence-corrected chi connectivity index (χ1v) is 22.9. The van der Waals surface area contributed by atoms with E-state index in [-0.39, 0.29) is 43.7 Å². The van der Waals surface area contributed by atoms with Crippen molar-refractivity contribution in [1.29, 1.82) is 0 Å². The minimum absolute atomic E-state index is 0. The molecule has 1 aromatic heterocycles. The summed E-state index contributed by atoms with van der Waals surface area (Å²) < 4.78 is 33.3. The number of anilines is 3. The van der Waals surface area contributed by atoms with Gasteiger partial charge < -0.3 is 14.4 Å². The van der Waals surface area contributed by atoms with Crippen LogP contribution in [0.5, 0.6) is 11.5 Å². The molecule has 9 rings (SSSR count). The number of hydrogen-bond acceptors (Lipinski definition) is 5. The van der Waals surface area contributed by atoms with Crippen LogP contribution in [0.3, 0.4) is 0 Å². The van der Waals surface area contributed by atoms with Gasteiger partial charge in [0.2, 0.25) is 0 Å². The van der Waals surface area contributed by atoms with Gasteiger partial charge >= 0.3 is 21.1 Å². The Balaban J connectivity index is 0.00000608. The fourth-order valence-corrected chi connectivity index (χ4v) is 11.0. The zero-order valence-electron chi connectivity index (χ0n) is 43.2. The van der Waals surface area contributed by atoms with E-state index in [4.69, 9.17) is 19.5 Å². The van der Waals surface area contributed by atoms with Crippen LogP contribution in [0, 0.1) is 53.7 Å². The van der Waals surface area contributed by atoms with Gasteiger partial charge in [0.25, 0.3) is 0 Å². The molecule has 0 bridgehead atoms. The van der Waals surface area contributed by atoms with E-state index in [1.807, 2.05) is 31.3 Å². The molecule has 65 heavy (non-hydrogen) atoms. The Hall–Kier alpha value is -4.99. The molecule has 5 aromatic carbocycles. The molecule has 338 valence electrons. The average molecular weight is 1050 g/mol. The van der Waals surface area contributed by atoms with E-state index in [9.17, 15) is 2.74 Å². The van der Waals surface area contributed by atoms with Crippen molar-refractivity contribution in [3.63, 3.8) is 0 Å². The molecule has 2 aliphatic heterocycles. The van der Waals surface area contributed by atoms with E-state index in [1.54, 1.807) is 0 Å². The fourth-order valence-electron chi connectivity index (χ4n) is 11.0. The van der Waals surface area contributed by atoms with Crippen LogP contribution in [0.4, 0.5) is 17.2 Å². The van der Waals surface area contributed by atoms with Gasteiger partial charge in [0, 0.05) is 42.7 Å². The van der Waals surface area contributed by atoms with Gasteiger partial charge in [-0.1, -0.05) is 133 Å². The van der Waals surface area contributed by atoms with E-state index in [0.29, 0.717) is 23.0 Å². The summed E-state index contributed by atoms with van der Waals surface area (Å²) >= 11 is 0. The number of rotatable bonds is 5. The number of ether oxygens (including phenoxy) is 2. The monoisotopic (exact) mass is 1040 g/mol.